The topological polar surface area (TPSA) is 70.1 Å². The highest BCUT2D eigenvalue weighted by Gasteiger charge is 2.02. The van der Waals surface area contributed by atoms with Crippen molar-refractivity contribution in [3.63, 3.8) is 0 Å². The summed E-state index contributed by atoms with van der Waals surface area (Å²) in [5, 5.41) is 12.1. The van der Waals surface area contributed by atoms with Gasteiger partial charge in [0.2, 0.25) is 0 Å². The second-order valence-electron chi connectivity index (χ2n) is 4.73. The molecular weight excluding hydrogens is 264 g/mol. The van der Waals surface area contributed by atoms with Crippen LogP contribution in [0.5, 0.6) is 0 Å². The van der Waals surface area contributed by atoms with Crippen LogP contribution in [0.2, 0.25) is 0 Å². The minimum Gasteiger partial charge on any atom is -0.379 e. The van der Waals surface area contributed by atoms with E-state index in [0.29, 0.717) is 13.1 Å². The van der Waals surface area contributed by atoms with Gasteiger partial charge in [0.25, 0.3) is 0 Å². The quantitative estimate of drug-likeness (QED) is 0.627. The molecule has 3 aromatic rings. The van der Waals surface area contributed by atoms with E-state index >= 15 is 0 Å². The Morgan fingerprint density at radius 3 is 2.33 bits per heavy atom. The molecule has 0 spiro atoms. The van der Waals surface area contributed by atoms with Gasteiger partial charge < -0.3 is 10.5 Å². The minimum atomic E-state index is 0.451. The third-order valence-corrected chi connectivity index (χ3v) is 3.29. The molecule has 0 amide bonds. The molecule has 0 fully saturated rings. The van der Waals surface area contributed by atoms with Gasteiger partial charge in [-0.2, -0.15) is 0 Å². The lowest BCUT2D eigenvalue weighted by Gasteiger charge is -2.09. The van der Waals surface area contributed by atoms with Crippen LogP contribution < -0.4 is 10.8 Å². The van der Waals surface area contributed by atoms with Gasteiger partial charge in [-0.1, -0.05) is 30.3 Å². The van der Waals surface area contributed by atoms with Gasteiger partial charge in [0.15, 0.2) is 0 Å². The zero-order chi connectivity index (χ0) is 14.5. The minimum absolute atomic E-state index is 0.451. The summed E-state index contributed by atoms with van der Waals surface area (Å²) in [6, 6.07) is 14.0. The summed E-state index contributed by atoms with van der Waals surface area (Å²) in [6.45, 7) is 1.16. The maximum atomic E-state index is 8.67. The van der Waals surface area contributed by atoms with Crippen LogP contribution in [0, 0.1) is 0 Å². The number of hydrogen-bond acceptors (Lipinski definition) is 5. The van der Waals surface area contributed by atoms with E-state index in [9.17, 15) is 0 Å². The fourth-order valence-corrected chi connectivity index (χ4v) is 2.20. The number of hydrogen-bond donors (Lipinski definition) is 3. The number of aromatic nitrogens is 2. The van der Waals surface area contributed by atoms with Gasteiger partial charge in [0, 0.05) is 25.5 Å². The summed E-state index contributed by atoms with van der Waals surface area (Å²) in [6.07, 6.45) is 3.39. The summed E-state index contributed by atoms with van der Waals surface area (Å²) >= 11 is 0. The molecule has 0 saturated carbocycles. The number of nitrogens with one attached hydrogen (secondary N) is 2. The van der Waals surface area contributed by atoms with Crippen molar-refractivity contribution in [2.45, 2.75) is 13.1 Å². The van der Waals surface area contributed by atoms with Crippen LogP contribution in [0.4, 0.5) is 5.69 Å². The molecule has 0 aliphatic heterocycles. The molecule has 0 radical (unpaired) electrons. The molecule has 5 heteroatoms. The Labute approximate surface area is 122 Å². The molecular formula is C16H16N4O. The Bertz CT molecular complexity index is 722. The highest BCUT2D eigenvalue weighted by atomic mass is 16.5. The summed E-state index contributed by atoms with van der Waals surface area (Å²) in [5.74, 6) is 0. The molecule has 21 heavy (non-hydrogen) atoms. The van der Waals surface area contributed by atoms with Crippen molar-refractivity contribution in [2.75, 3.05) is 5.32 Å². The standard InChI is InChI=1S/C16H16N4O/c21-20-11-13-6-4-12(5-7-13)10-19-15-3-1-2-14-16(15)18-9-8-17-14/h1-9,19-21H,10-11H2. The predicted octanol–water partition coefficient (Wildman–Crippen LogP) is 2.72. The molecule has 0 bridgehead atoms. The second kappa shape index (κ2) is 6.30. The lowest BCUT2D eigenvalue weighted by molar-refractivity contribution is 0.161. The van der Waals surface area contributed by atoms with Crippen LogP contribution in [0.15, 0.2) is 54.9 Å². The van der Waals surface area contributed by atoms with Crippen LogP contribution in [-0.4, -0.2) is 15.2 Å². The van der Waals surface area contributed by atoms with E-state index in [1.165, 1.54) is 0 Å². The van der Waals surface area contributed by atoms with Gasteiger partial charge in [-0.25, -0.2) is 5.48 Å². The Morgan fingerprint density at radius 1 is 0.857 bits per heavy atom. The SMILES string of the molecule is ONCc1ccc(CNc2cccc3nccnc23)cc1. The van der Waals surface area contributed by atoms with Crippen molar-refractivity contribution in [2.24, 2.45) is 0 Å². The summed E-state index contributed by atoms with van der Waals surface area (Å²) in [5.41, 5.74) is 7.09. The number of para-hydroxylation sites is 1. The first-order valence-electron chi connectivity index (χ1n) is 6.75. The first-order chi connectivity index (χ1) is 10.4. The van der Waals surface area contributed by atoms with Crippen molar-refractivity contribution in [1.29, 1.82) is 0 Å². The summed E-state index contributed by atoms with van der Waals surface area (Å²) in [7, 11) is 0. The number of hydroxylamine groups is 1. The Balaban J connectivity index is 1.74. The van der Waals surface area contributed by atoms with Gasteiger partial charge >= 0.3 is 0 Å². The van der Waals surface area contributed by atoms with E-state index in [2.05, 4.69) is 20.8 Å². The molecule has 3 rings (SSSR count). The number of benzene rings is 2. The summed E-state index contributed by atoms with van der Waals surface area (Å²) < 4.78 is 0. The van der Waals surface area contributed by atoms with Crippen molar-refractivity contribution in [3.05, 3.63) is 66.0 Å². The van der Waals surface area contributed by atoms with E-state index in [1.54, 1.807) is 12.4 Å². The lowest BCUT2D eigenvalue weighted by Crippen LogP contribution is -2.06. The molecule has 1 heterocycles. The Morgan fingerprint density at radius 2 is 1.57 bits per heavy atom. The van der Waals surface area contributed by atoms with Crippen molar-refractivity contribution in [3.8, 4) is 0 Å². The van der Waals surface area contributed by atoms with Crippen molar-refractivity contribution in [1.82, 2.24) is 15.4 Å². The van der Waals surface area contributed by atoms with Crippen LogP contribution in [0.3, 0.4) is 0 Å². The molecule has 3 N–H and O–H groups in total. The van der Waals surface area contributed by atoms with Crippen LogP contribution in [-0.2, 0) is 13.1 Å². The molecule has 0 unspecified atom stereocenters. The molecule has 0 aliphatic carbocycles. The average Bonchev–Trinajstić information content (AvgIpc) is 2.54. The van der Waals surface area contributed by atoms with Crippen LogP contribution in [0.25, 0.3) is 11.0 Å². The molecule has 0 saturated heterocycles. The number of nitrogens with zero attached hydrogens (tertiary/aromatic N) is 2. The molecule has 2 aromatic carbocycles. The van der Waals surface area contributed by atoms with Gasteiger partial charge in [-0.15, -0.1) is 0 Å². The molecule has 1 aromatic heterocycles. The normalized spacial score (nSPS) is 10.7. The van der Waals surface area contributed by atoms with E-state index in [4.69, 9.17) is 5.21 Å². The highest BCUT2D eigenvalue weighted by molar-refractivity contribution is 5.87. The zero-order valence-electron chi connectivity index (χ0n) is 11.5. The second-order valence-corrected chi connectivity index (χ2v) is 4.73. The molecule has 0 atom stereocenters. The fraction of sp³-hybridized carbons (Fsp3) is 0.125. The number of rotatable bonds is 5. The van der Waals surface area contributed by atoms with E-state index < -0.39 is 0 Å². The van der Waals surface area contributed by atoms with Gasteiger partial charge in [0.05, 0.1) is 11.2 Å². The molecule has 5 nitrogen and oxygen atoms in total. The molecule has 106 valence electrons. The van der Waals surface area contributed by atoms with Crippen molar-refractivity contribution < 1.29 is 5.21 Å². The average molecular weight is 280 g/mol. The number of anilines is 1. The van der Waals surface area contributed by atoms with Gasteiger partial charge in [-0.05, 0) is 23.3 Å². The fourth-order valence-electron chi connectivity index (χ4n) is 2.20. The largest absolute Gasteiger partial charge is 0.379 e. The number of fused-ring (bicyclic) bond motifs is 1. The van der Waals surface area contributed by atoms with E-state index in [1.807, 2.05) is 42.5 Å². The van der Waals surface area contributed by atoms with Gasteiger partial charge in [-0.3, -0.25) is 9.97 Å². The van der Waals surface area contributed by atoms with E-state index in [-0.39, 0.29) is 0 Å². The maximum absolute atomic E-state index is 8.67. The third-order valence-electron chi connectivity index (χ3n) is 3.29. The van der Waals surface area contributed by atoms with Gasteiger partial charge in [0.1, 0.15) is 5.52 Å². The Hall–Kier alpha value is -2.50. The lowest BCUT2D eigenvalue weighted by atomic mass is 10.1. The smallest absolute Gasteiger partial charge is 0.112 e. The Kier molecular flexibility index (Phi) is 4.04. The van der Waals surface area contributed by atoms with Crippen molar-refractivity contribution >= 4 is 16.7 Å². The first kappa shape index (κ1) is 13.5. The first-order valence-corrected chi connectivity index (χ1v) is 6.75. The molecule has 0 aliphatic rings. The van der Waals surface area contributed by atoms with E-state index in [0.717, 1.165) is 27.8 Å². The van der Waals surface area contributed by atoms with Crippen LogP contribution in [0.1, 0.15) is 11.1 Å². The third kappa shape index (κ3) is 3.16. The monoisotopic (exact) mass is 280 g/mol. The zero-order valence-corrected chi connectivity index (χ0v) is 11.5. The predicted molar refractivity (Wildman–Crippen MR) is 81.9 cm³/mol. The summed E-state index contributed by atoms with van der Waals surface area (Å²) in [4.78, 5) is 8.67. The van der Waals surface area contributed by atoms with Crippen LogP contribution >= 0.6 is 0 Å². The highest BCUT2D eigenvalue weighted by Crippen LogP contribution is 2.19. The maximum Gasteiger partial charge on any atom is 0.112 e.